The molecule has 0 saturated carbocycles. The van der Waals surface area contributed by atoms with Gasteiger partial charge in [-0.3, -0.25) is 20.2 Å². The molecule has 4 rings (SSSR count). The quantitative estimate of drug-likeness (QED) is 0.215. The fourth-order valence-corrected chi connectivity index (χ4v) is 3.58. The van der Waals surface area contributed by atoms with Crippen LogP contribution in [0.25, 0.3) is 22.2 Å². The van der Waals surface area contributed by atoms with Crippen LogP contribution < -0.4 is 5.73 Å². The number of nitro groups is 2. The van der Waals surface area contributed by atoms with Gasteiger partial charge in [-0.05, 0) is 19.1 Å². The van der Waals surface area contributed by atoms with Crippen LogP contribution in [0.15, 0.2) is 42.5 Å². The minimum absolute atomic E-state index is 0.000733. The van der Waals surface area contributed by atoms with E-state index in [0.29, 0.717) is 11.0 Å². The minimum atomic E-state index is -1.01. The zero-order valence-electron chi connectivity index (χ0n) is 18.7. The summed E-state index contributed by atoms with van der Waals surface area (Å²) in [5.41, 5.74) is 6.19. The second-order valence-electron chi connectivity index (χ2n) is 7.41. The predicted molar refractivity (Wildman–Crippen MR) is 125 cm³/mol. The Hall–Kier alpha value is -5.14. The molecule has 0 unspecified atom stereocenters. The molecular formula is C22H18N6O8. The van der Waals surface area contributed by atoms with Gasteiger partial charge in [0.05, 0.1) is 45.7 Å². The molecule has 0 radical (unpaired) electrons. The predicted octanol–water partition coefficient (Wildman–Crippen LogP) is 3.02. The van der Waals surface area contributed by atoms with Crippen molar-refractivity contribution in [2.75, 3.05) is 18.9 Å². The fraction of sp³-hybridized carbons (Fsp3) is 0.182. The number of carbonyl (C=O) groups excluding carboxylic acids is 2. The Morgan fingerprint density at radius 3 is 2.17 bits per heavy atom. The average molecular weight is 494 g/mol. The van der Waals surface area contributed by atoms with E-state index >= 15 is 0 Å². The maximum absolute atomic E-state index is 12.6. The molecule has 184 valence electrons. The van der Waals surface area contributed by atoms with Gasteiger partial charge in [-0.1, -0.05) is 12.1 Å². The monoisotopic (exact) mass is 494 g/mol. The molecule has 14 nitrogen and oxygen atoms in total. The highest BCUT2D eigenvalue weighted by molar-refractivity contribution is 6.08. The van der Waals surface area contributed by atoms with Crippen LogP contribution in [0.2, 0.25) is 0 Å². The third-order valence-electron chi connectivity index (χ3n) is 5.18. The van der Waals surface area contributed by atoms with Crippen molar-refractivity contribution in [2.45, 2.75) is 13.5 Å². The second-order valence-corrected chi connectivity index (χ2v) is 7.41. The Bertz CT molecular complexity index is 1510. The van der Waals surface area contributed by atoms with Crippen LogP contribution in [-0.4, -0.2) is 49.5 Å². The number of nitrogen functional groups attached to an aromatic ring is 1. The zero-order valence-corrected chi connectivity index (χ0v) is 18.7. The number of nitro benzene ring substituents is 2. The zero-order chi connectivity index (χ0) is 26.0. The molecule has 0 saturated heterocycles. The van der Waals surface area contributed by atoms with Crippen LogP contribution in [0.5, 0.6) is 0 Å². The number of non-ortho nitro benzene ring substituents is 2. The molecule has 0 aliphatic rings. The Morgan fingerprint density at radius 2 is 1.58 bits per heavy atom. The molecule has 2 aromatic carbocycles. The number of nitrogens with two attached hydrogens (primary N) is 1. The molecular weight excluding hydrogens is 476 g/mol. The number of carbonyl (C=O) groups is 2. The summed E-state index contributed by atoms with van der Waals surface area (Å²) in [6.45, 7) is 1.41. The van der Waals surface area contributed by atoms with Gasteiger partial charge >= 0.3 is 11.9 Å². The lowest BCUT2D eigenvalue weighted by Crippen LogP contribution is -2.15. The maximum atomic E-state index is 12.6. The normalized spacial score (nSPS) is 10.9. The largest absolute Gasteiger partial charge is 0.462 e. The number of aromatic nitrogens is 3. The van der Waals surface area contributed by atoms with Gasteiger partial charge < -0.3 is 19.8 Å². The highest BCUT2D eigenvalue weighted by Gasteiger charge is 2.25. The van der Waals surface area contributed by atoms with E-state index in [1.807, 2.05) is 0 Å². The summed E-state index contributed by atoms with van der Waals surface area (Å²) in [6.07, 6.45) is 0. The summed E-state index contributed by atoms with van der Waals surface area (Å²) in [6, 6.07) is 9.50. The molecule has 0 fully saturated rings. The summed E-state index contributed by atoms with van der Waals surface area (Å²) in [4.78, 5) is 54.6. The van der Waals surface area contributed by atoms with Gasteiger partial charge in [-0.15, -0.1) is 0 Å². The molecule has 0 atom stereocenters. The first kappa shape index (κ1) is 24.0. The second kappa shape index (κ2) is 9.61. The molecule has 36 heavy (non-hydrogen) atoms. The standard InChI is InChI=1S/C22H18N6O8/c1-2-35-22(30)17-18-20(25-16-6-4-3-5-15(16)24-18)26(19(17)23)7-8-36-21(29)12-9-13(27(31)32)11-14(10-12)28(33)34/h3-6,9-11H,2,7-8,23H2,1H3. The van der Waals surface area contributed by atoms with Gasteiger partial charge in [-0.25, -0.2) is 19.6 Å². The molecule has 2 N–H and O–H groups in total. The van der Waals surface area contributed by atoms with E-state index in [-0.39, 0.29) is 47.9 Å². The Kier molecular flexibility index (Phi) is 6.41. The van der Waals surface area contributed by atoms with Crippen molar-refractivity contribution in [1.29, 1.82) is 0 Å². The van der Waals surface area contributed by atoms with Crippen LogP contribution in [0.4, 0.5) is 17.2 Å². The van der Waals surface area contributed by atoms with Crippen molar-refractivity contribution in [3.05, 3.63) is 73.8 Å². The molecule has 0 amide bonds. The van der Waals surface area contributed by atoms with Gasteiger partial charge in [0.1, 0.15) is 23.5 Å². The van der Waals surface area contributed by atoms with Crippen molar-refractivity contribution >= 4 is 51.3 Å². The number of hydrogen-bond donors (Lipinski definition) is 1. The van der Waals surface area contributed by atoms with E-state index in [1.54, 1.807) is 31.2 Å². The minimum Gasteiger partial charge on any atom is -0.462 e. The van der Waals surface area contributed by atoms with E-state index in [1.165, 1.54) is 4.57 Å². The molecule has 0 bridgehead atoms. The van der Waals surface area contributed by atoms with E-state index in [9.17, 15) is 29.8 Å². The van der Waals surface area contributed by atoms with Crippen molar-refractivity contribution in [3.63, 3.8) is 0 Å². The number of ether oxygens (including phenoxy) is 2. The average Bonchev–Trinajstić information content (AvgIpc) is 3.12. The van der Waals surface area contributed by atoms with Gasteiger partial charge in [0.25, 0.3) is 11.4 Å². The van der Waals surface area contributed by atoms with Gasteiger partial charge in [0.15, 0.2) is 5.65 Å². The third-order valence-corrected chi connectivity index (χ3v) is 5.18. The first-order chi connectivity index (χ1) is 17.2. The number of hydrogen-bond acceptors (Lipinski definition) is 11. The molecule has 2 heterocycles. The van der Waals surface area contributed by atoms with Crippen molar-refractivity contribution in [3.8, 4) is 0 Å². The van der Waals surface area contributed by atoms with Crippen LogP contribution >= 0.6 is 0 Å². The van der Waals surface area contributed by atoms with Crippen molar-refractivity contribution < 1.29 is 28.9 Å². The number of benzene rings is 2. The van der Waals surface area contributed by atoms with E-state index in [2.05, 4.69) is 9.97 Å². The van der Waals surface area contributed by atoms with Gasteiger partial charge in [-0.2, -0.15) is 0 Å². The van der Waals surface area contributed by atoms with Crippen LogP contribution in [0.1, 0.15) is 27.6 Å². The smallest absolute Gasteiger partial charge is 0.344 e. The summed E-state index contributed by atoms with van der Waals surface area (Å²) in [7, 11) is 0. The van der Waals surface area contributed by atoms with Gasteiger partial charge in [0.2, 0.25) is 0 Å². The molecule has 0 spiro atoms. The van der Waals surface area contributed by atoms with E-state index < -0.39 is 33.2 Å². The lowest BCUT2D eigenvalue weighted by molar-refractivity contribution is -0.394. The molecule has 0 aliphatic heterocycles. The van der Waals surface area contributed by atoms with E-state index in [0.717, 1.165) is 18.2 Å². The van der Waals surface area contributed by atoms with Crippen LogP contribution in [0, 0.1) is 20.2 Å². The highest BCUT2D eigenvalue weighted by atomic mass is 16.6. The Morgan fingerprint density at radius 1 is 0.972 bits per heavy atom. The number of anilines is 1. The Balaban J connectivity index is 1.65. The number of nitrogens with zero attached hydrogens (tertiary/aromatic N) is 5. The van der Waals surface area contributed by atoms with Crippen LogP contribution in [0.3, 0.4) is 0 Å². The molecule has 2 aromatic heterocycles. The lowest BCUT2D eigenvalue weighted by atomic mass is 10.2. The number of esters is 2. The SMILES string of the molecule is CCOC(=O)c1c(N)n(CCOC(=O)c2cc([N+](=O)[O-])cc([N+](=O)[O-])c2)c2nc3ccccc3nc12. The number of para-hydroxylation sites is 2. The third kappa shape index (κ3) is 4.46. The summed E-state index contributed by atoms with van der Waals surface area (Å²) in [5, 5.41) is 22.1. The first-order valence-corrected chi connectivity index (χ1v) is 10.5. The topological polar surface area (TPSA) is 196 Å². The fourth-order valence-electron chi connectivity index (χ4n) is 3.58. The van der Waals surface area contributed by atoms with Gasteiger partial charge in [0, 0.05) is 12.1 Å². The first-order valence-electron chi connectivity index (χ1n) is 10.5. The number of rotatable bonds is 8. The maximum Gasteiger partial charge on any atom is 0.344 e. The van der Waals surface area contributed by atoms with Crippen molar-refractivity contribution in [2.24, 2.45) is 0 Å². The Labute approximate surface area is 201 Å². The summed E-state index contributed by atoms with van der Waals surface area (Å²) in [5.74, 6) is -1.70. The summed E-state index contributed by atoms with van der Waals surface area (Å²) >= 11 is 0. The molecule has 0 aliphatic carbocycles. The lowest BCUT2D eigenvalue weighted by Gasteiger charge is -2.09. The number of fused-ring (bicyclic) bond motifs is 2. The highest BCUT2D eigenvalue weighted by Crippen LogP contribution is 2.29. The molecule has 14 heteroatoms. The summed E-state index contributed by atoms with van der Waals surface area (Å²) < 4.78 is 11.7. The van der Waals surface area contributed by atoms with Crippen molar-refractivity contribution in [1.82, 2.24) is 14.5 Å². The molecule has 4 aromatic rings. The van der Waals surface area contributed by atoms with E-state index in [4.69, 9.17) is 15.2 Å². The van der Waals surface area contributed by atoms with Crippen LogP contribution in [-0.2, 0) is 16.0 Å².